The van der Waals surface area contributed by atoms with E-state index in [-0.39, 0.29) is 35.8 Å². The van der Waals surface area contributed by atoms with Crippen LogP contribution in [0, 0.1) is 67.6 Å². The van der Waals surface area contributed by atoms with E-state index in [1.807, 2.05) is 80.6 Å². The second-order valence-corrected chi connectivity index (χ2v) is 17.3. The van der Waals surface area contributed by atoms with Crippen molar-refractivity contribution in [2.24, 2.45) is 0 Å². The molecule has 0 N–H and O–H groups in total. The SMILES string of the molecule is C.[C-]#[N+]/C(C#N)=C1/c2cc(C#N)c(-c3ccc(OC(F)(F)F)cc3)cc2-c2cc(-c3ccc(C)cc3)c([N+]#[C-])cc21.[C-]#[N+]c1cc2c(cc1-c1ccc(C)cc1)-c1cc(-c3ccc(OC(F)(F)F)cc3)c(C#N)cc1C2=O. The number of halogens is 6. The molecule has 0 radical (unpaired) electrons. The monoisotopic (exact) mass is 1020 g/mol. The number of alkyl halides is 6. The Bertz CT molecular complexity index is 4030. The van der Waals surface area contributed by atoms with Crippen molar-refractivity contribution in [3.63, 3.8) is 0 Å². The number of carbonyl (C=O) groups excluding carboxylic acids is 1. The Morgan fingerprint density at radius 3 is 1.14 bits per heavy atom. The average Bonchev–Trinajstić information content (AvgIpc) is 4.05. The number of ether oxygens (including phenoxy) is 2. The summed E-state index contributed by atoms with van der Waals surface area (Å²) in [5.74, 6) is -1.05. The number of hydrogen-bond donors (Lipinski definition) is 0. The summed E-state index contributed by atoms with van der Waals surface area (Å²) in [5, 5.41) is 29.5. The molecule has 0 fully saturated rings. The van der Waals surface area contributed by atoms with Crippen molar-refractivity contribution in [2.75, 3.05) is 0 Å². The molecule has 0 unspecified atom stereocenters. The number of allylic oxidation sites excluding steroid dienone is 1. The van der Waals surface area contributed by atoms with Crippen molar-refractivity contribution >= 4 is 22.7 Å². The summed E-state index contributed by atoms with van der Waals surface area (Å²) in [6.45, 7) is 27.0. The lowest BCUT2D eigenvalue weighted by atomic mass is 9.92. The van der Waals surface area contributed by atoms with Gasteiger partial charge in [0.15, 0.2) is 17.2 Å². The molecule has 0 aliphatic heterocycles. The van der Waals surface area contributed by atoms with Crippen molar-refractivity contribution < 1.29 is 40.6 Å². The summed E-state index contributed by atoms with van der Waals surface area (Å²) in [5.41, 5.74) is 12.6. The van der Waals surface area contributed by atoms with Crippen molar-refractivity contribution in [3.8, 4) is 96.5 Å². The molecule has 0 saturated heterocycles. The van der Waals surface area contributed by atoms with Gasteiger partial charge in [0.05, 0.1) is 49.1 Å². The van der Waals surface area contributed by atoms with E-state index in [1.54, 1.807) is 30.3 Å². The fraction of sp³-hybridized carbons (Fsp3) is 0.0806. The second-order valence-electron chi connectivity index (χ2n) is 17.3. The number of fused-ring (bicyclic) bond motifs is 6. The molecular weight excluding hydrogens is 991 g/mol. The molecule has 2 aliphatic rings. The lowest BCUT2D eigenvalue weighted by Crippen LogP contribution is -2.16. The van der Waals surface area contributed by atoms with Gasteiger partial charge in [0.1, 0.15) is 11.5 Å². The van der Waals surface area contributed by atoms with Crippen LogP contribution in [0.15, 0.2) is 151 Å². The minimum atomic E-state index is -4.83. The highest BCUT2D eigenvalue weighted by molar-refractivity contribution is 6.23. The van der Waals surface area contributed by atoms with E-state index in [1.165, 1.54) is 54.6 Å². The first-order chi connectivity index (χ1) is 36.3. The Kier molecular flexibility index (Phi) is 14.1. The predicted octanol–water partition coefficient (Wildman–Crippen LogP) is 17.3. The fourth-order valence-corrected chi connectivity index (χ4v) is 9.19. The zero-order chi connectivity index (χ0) is 54.2. The molecule has 8 aromatic carbocycles. The summed E-state index contributed by atoms with van der Waals surface area (Å²) >= 11 is 0. The molecule has 0 aromatic heterocycles. The van der Waals surface area contributed by atoms with Crippen LogP contribution in [-0.2, 0) is 0 Å². The van der Waals surface area contributed by atoms with Gasteiger partial charge in [-0.15, -0.1) is 26.3 Å². The first kappa shape index (κ1) is 52.6. The largest absolute Gasteiger partial charge is 0.573 e. The van der Waals surface area contributed by atoms with Crippen molar-refractivity contribution in [1.29, 1.82) is 15.8 Å². The molecule has 10 rings (SSSR count). The number of ketones is 1. The lowest BCUT2D eigenvalue weighted by Gasteiger charge is -2.12. The highest BCUT2D eigenvalue weighted by Crippen LogP contribution is 2.52. The van der Waals surface area contributed by atoms with Crippen LogP contribution in [0.25, 0.3) is 86.9 Å². The van der Waals surface area contributed by atoms with Gasteiger partial charge < -0.3 is 9.47 Å². The summed E-state index contributed by atoms with van der Waals surface area (Å²) in [6.07, 6.45) is -9.64. The van der Waals surface area contributed by atoms with Gasteiger partial charge in [-0.25, -0.2) is 19.8 Å². The van der Waals surface area contributed by atoms with Gasteiger partial charge in [0, 0.05) is 27.8 Å². The van der Waals surface area contributed by atoms with E-state index in [0.29, 0.717) is 94.8 Å². The van der Waals surface area contributed by atoms with E-state index in [0.717, 1.165) is 22.3 Å². The van der Waals surface area contributed by atoms with Crippen LogP contribution in [-0.4, -0.2) is 18.5 Å². The van der Waals surface area contributed by atoms with Crippen LogP contribution < -0.4 is 9.47 Å². The zero-order valence-electron chi connectivity index (χ0n) is 39.5. The van der Waals surface area contributed by atoms with Gasteiger partial charge in [0.2, 0.25) is 0 Å². The quantitative estimate of drug-likeness (QED) is 0.0929. The maximum Gasteiger partial charge on any atom is 0.573 e. The second kappa shape index (κ2) is 20.7. The van der Waals surface area contributed by atoms with E-state index >= 15 is 0 Å². The molecule has 0 amide bonds. The third-order valence-corrected chi connectivity index (χ3v) is 12.7. The van der Waals surface area contributed by atoms with Crippen LogP contribution in [0.5, 0.6) is 11.5 Å². The molecule has 2 aliphatic carbocycles. The zero-order valence-corrected chi connectivity index (χ0v) is 39.5. The number of aryl methyl sites for hydroxylation is 2. The third-order valence-electron chi connectivity index (χ3n) is 12.7. The normalized spacial score (nSPS) is 12.2. The number of hydrogen-bond acceptors (Lipinski definition) is 6. The van der Waals surface area contributed by atoms with E-state index in [2.05, 4.69) is 36.1 Å². The number of rotatable bonds is 6. The van der Waals surface area contributed by atoms with Crippen molar-refractivity contribution in [2.45, 2.75) is 34.0 Å². The van der Waals surface area contributed by atoms with Gasteiger partial charge in [-0.05, 0) is 141 Å². The Morgan fingerprint density at radius 2 is 0.779 bits per heavy atom. The molecule has 372 valence electrons. The van der Waals surface area contributed by atoms with Gasteiger partial charge in [-0.3, -0.25) is 4.79 Å². The van der Waals surface area contributed by atoms with Crippen LogP contribution in [0.1, 0.15) is 56.7 Å². The molecule has 9 nitrogen and oxygen atoms in total. The maximum absolute atomic E-state index is 13.2. The van der Waals surface area contributed by atoms with Crippen LogP contribution >= 0.6 is 0 Å². The summed E-state index contributed by atoms with van der Waals surface area (Å²) in [4.78, 5) is 24.0. The standard InChI is InChI=1S/C32H15F3N4O.C29H15F3N2O2.CH4/c1-18-4-6-20(7-5-18)24-14-26-25-13-23(19-8-10-22(11-9-19)40-32(33,34)35)21(16-36)12-27(25)31(30(17-37)39-3)28(26)15-29(24)38-2;1-16-3-5-18(6-4-16)22-13-24-23-12-21(17-7-9-20(10-8-17)36-29(30,31)32)19(15-33)11-25(23)28(35)26(24)14-27(22)34-2;/h4-15H,1H3;3-14H,1H3;1H4/b31-30-;;. The molecule has 8 aromatic rings. The first-order valence-electron chi connectivity index (χ1n) is 22.6. The minimum Gasteiger partial charge on any atom is -0.406 e. The number of nitriles is 3. The maximum atomic E-state index is 13.2. The van der Waals surface area contributed by atoms with Gasteiger partial charge in [-0.1, -0.05) is 103 Å². The molecule has 77 heavy (non-hydrogen) atoms. The lowest BCUT2D eigenvalue weighted by molar-refractivity contribution is -0.275. The van der Waals surface area contributed by atoms with Gasteiger partial charge >= 0.3 is 12.7 Å². The molecule has 0 spiro atoms. The Labute approximate surface area is 438 Å². The van der Waals surface area contributed by atoms with Gasteiger partial charge in [0.25, 0.3) is 5.70 Å². The van der Waals surface area contributed by atoms with Crippen molar-refractivity contribution in [3.05, 3.63) is 230 Å². The average molecular weight is 1020 g/mol. The summed E-state index contributed by atoms with van der Waals surface area (Å²) in [6, 6.07) is 45.3. The molecule has 0 bridgehead atoms. The van der Waals surface area contributed by atoms with Crippen molar-refractivity contribution in [1.82, 2.24) is 0 Å². The number of nitrogens with zero attached hydrogens (tertiary/aromatic N) is 6. The Hall–Kier alpha value is -10.7. The van der Waals surface area contributed by atoms with Crippen LogP contribution in [0.4, 0.5) is 37.7 Å². The number of carbonyl (C=O) groups is 1. The summed E-state index contributed by atoms with van der Waals surface area (Å²) < 4.78 is 83.4. The molecule has 15 heteroatoms. The highest BCUT2D eigenvalue weighted by atomic mass is 19.4. The van der Waals surface area contributed by atoms with E-state index in [4.69, 9.17) is 19.7 Å². The Morgan fingerprint density at radius 1 is 0.455 bits per heavy atom. The van der Waals surface area contributed by atoms with Gasteiger partial charge in [-0.2, -0.15) is 10.5 Å². The minimum absolute atomic E-state index is 0. The topological polar surface area (TPSA) is 120 Å². The van der Waals surface area contributed by atoms with E-state index < -0.39 is 18.5 Å². The molecule has 0 heterocycles. The van der Waals surface area contributed by atoms with Crippen LogP contribution in [0.2, 0.25) is 0 Å². The van der Waals surface area contributed by atoms with E-state index in [9.17, 15) is 46.9 Å². The Balaban J connectivity index is 0.000000202. The summed E-state index contributed by atoms with van der Waals surface area (Å²) in [7, 11) is 0. The first-order valence-corrected chi connectivity index (χ1v) is 22.6. The molecule has 0 atom stereocenters. The van der Waals surface area contributed by atoms with Crippen LogP contribution in [0.3, 0.4) is 0 Å². The third kappa shape index (κ3) is 10.3. The smallest absolute Gasteiger partial charge is 0.406 e. The highest BCUT2D eigenvalue weighted by Gasteiger charge is 2.34. The molecular formula is C62H34F6N6O3. The predicted molar refractivity (Wildman–Crippen MR) is 279 cm³/mol. The molecule has 0 saturated carbocycles. The number of benzene rings is 8. The fourth-order valence-electron chi connectivity index (χ4n) is 9.19.